The molecule has 2 rings (SSSR count). The normalized spacial score (nSPS) is 24.8. The van der Waals surface area contributed by atoms with Gasteiger partial charge in [-0.15, -0.1) is 0 Å². The van der Waals surface area contributed by atoms with Crippen LogP contribution in [0.15, 0.2) is 18.2 Å². The van der Waals surface area contributed by atoms with E-state index in [1.165, 1.54) is 12.8 Å². The van der Waals surface area contributed by atoms with E-state index >= 15 is 0 Å². The van der Waals surface area contributed by atoms with E-state index in [4.69, 9.17) is 15.2 Å². The van der Waals surface area contributed by atoms with Crippen LogP contribution in [-0.2, 0) is 0 Å². The molecule has 0 saturated heterocycles. The first-order valence-electron chi connectivity index (χ1n) is 7.21. The Labute approximate surface area is 116 Å². The van der Waals surface area contributed by atoms with Crippen molar-refractivity contribution in [2.75, 3.05) is 7.11 Å². The van der Waals surface area contributed by atoms with Gasteiger partial charge in [0.1, 0.15) is 11.5 Å². The Bertz CT molecular complexity index is 409. The van der Waals surface area contributed by atoms with E-state index in [1.54, 1.807) is 7.11 Å². The minimum absolute atomic E-state index is 0.0892. The van der Waals surface area contributed by atoms with Gasteiger partial charge in [-0.1, -0.05) is 13.0 Å². The van der Waals surface area contributed by atoms with Crippen LogP contribution in [0.4, 0.5) is 0 Å². The lowest BCUT2D eigenvalue weighted by atomic mass is 9.89. The minimum atomic E-state index is -0.0892. The van der Waals surface area contributed by atoms with Crippen LogP contribution < -0.4 is 15.2 Å². The Balaban J connectivity index is 2.15. The van der Waals surface area contributed by atoms with Gasteiger partial charge in [0.05, 0.1) is 18.8 Å². The summed E-state index contributed by atoms with van der Waals surface area (Å²) >= 11 is 0. The van der Waals surface area contributed by atoms with Crippen molar-refractivity contribution in [1.29, 1.82) is 0 Å². The third-order valence-corrected chi connectivity index (χ3v) is 3.96. The minimum Gasteiger partial charge on any atom is -0.496 e. The van der Waals surface area contributed by atoms with E-state index in [0.717, 1.165) is 35.8 Å². The van der Waals surface area contributed by atoms with Crippen molar-refractivity contribution in [2.45, 2.75) is 51.7 Å². The first kappa shape index (κ1) is 14.2. The molecule has 1 fully saturated rings. The average Bonchev–Trinajstić information content (AvgIpc) is 2.40. The average molecular weight is 263 g/mol. The summed E-state index contributed by atoms with van der Waals surface area (Å²) < 4.78 is 11.6. The summed E-state index contributed by atoms with van der Waals surface area (Å²) in [6, 6.07) is 5.81. The monoisotopic (exact) mass is 263 g/mol. The van der Waals surface area contributed by atoms with Crippen LogP contribution in [0.3, 0.4) is 0 Å². The fourth-order valence-electron chi connectivity index (χ4n) is 2.78. The van der Waals surface area contributed by atoms with Crippen molar-refractivity contribution in [2.24, 2.45) is 11.7 Å². The van der Waals surface area contributed by atoms with Crippen molar-refractivity contribution in [3.63, 3.8) is 0 Å². The number of hydrogen-bond donors (Lipinski definition) is 1. The number of nitrogens with two attached hydrogens (primary N) is 1. The predicted molar refractivity (Wildman–Crippen MR) is 77.6 cm³/mol. The largest absolute Gasteiger partial charge is 0.496 e. The molecule has 106 valence electrons. The van der Waals surface area contributed by atoms with Crippen LogP contribution in [0.5, 0.6) is 11.5 Å². The Morgan fingerprint density at radius 3 is 2.37 bits per heavy atom. The molecule has 0 unspecified atom stereocenters. The maximum Gasteiger partial charge on any atom is 0.128 e. The molecule has 3 nitrogen and oxygen atoms in total. The van der Waals surface area contributed by atoms with Crippen molar-refractivity contribution in [3.05, 3.63) is 23.8 Å². The summed E-state index contributed by atoms with van der Waals surface area (Å²) in [4.78, 5) is 0. The van der Waals surface area contributed by atoms with E-state index < -0.39 is 0 Å². The summed E-state index contributed by atoms with van der Waals surface area (Å²) in [7, 11) is 1.67. The number of rotatable bonds is 4. The molecule has 1 saturated carbocycles. The van der Waals surface area contributed by atoms with E-state index in [0.29, 0.717) is 6.10 Å². The first-order valence-corrected chi connectivity index (χ1v) is 7.21. The quantitative estimate of drug-likeness (QED) is 0.901. The molecule has 1 atom stereocenters. The fourth-order valence-corrected chi connectivity index (χ4v) is 2.78. The van der Waals surface area contributed by atoms with Crippen LogP contribution in [0, 0.1) is 5.92 Å². The lowest BCUT2D eigenvalue weighted by molar-refractivity contribution is 0.133. The third-order valence-electron chi connectivity index (χ3n) is 3.96. The Morgan fingerprint density at radius 1 is 1.16 bits per heavy atom. The molecule has 1 aliphatic carbocycles. The van der Waals surface area contributed by atoms with Gasteiger partial charge in [0.15, 0.2) is 0 Å². The second-order valence-electron chi connectivity index (χ2n) is 5.66. The van der Waals surface area contributed by atoms with Gasteiger partial charge in [0, 0.05) is 6.04 Å². The summed E-state index contributed by atoms with van der Waals surface area (Å²) in [5, 5.41) is 0. The molecule has 0 heterocycles. The highest BCUT2D eigenvalue weighted by Gasteiger charge is 2.22. The van der Waals surface area contributed by atoms with Crippen LogP contribution in [0.2, 0.25) is 0 Å². The molecule has 1 aromatic rings. The maximum absolute atomic E-state index is 6.18. The van der Waals surface area contributed by atoms with Crippen LogP contribution in [-0.4, -0.2) is 13.2 Å². The van der Waals surface area contributed by atoms with Crippen molar-refractivity contribution in [1.82, 2.24) is 0 Å². The summed E-state index contributed by atoms with van der Waals surface area (Å²) in [6.45, 7) is 4.28. The zero-order chi connectivity index (χ0) is 13.8. The molecule has 1 aliphatic rings. The maximum atomic E-state index is 6.18. The molecule has 0 spiro atoms. The standard InChI is InChI=1S/C16H25NO2/c1-11-7-9-13(10-8-11)19-15-6-4-5-14(18-3)16(15)12(2)17/h4-6,11-13H,7-10,17H2,1-3H3/t11?,12-,13?/m0/s1. The van der Waals surface area contributed by atoms with Gasteiger partial charge < -0.3 is 15.2 Å². The Kier molecular flexibility index (Phi) is 4.70. The number of benzene rings is 1. The van der Waals surface area contributed by atoms with Gasteiger partial charge in [-0.3, -0.25) is 0 Å². The van der Waals surface area contributed by atoms with Gasteiger partial charge >= 0.3 is 0 Å². The molecule has 2 N–H and O–H groups in total. The lowest BCUT2D eigenvalue weighted by Gasteiger charge is -2.28. The highest BCUT2D eigenvalue weighted by atomic mass is 16.5. The Hall–Kier alpha value is -1.22. The molecular weight excluding hydrogens is 238 g/mol. The highest BCUT2D eigenvalue weighted by Crippen LogP contribution is 2.35. The van der Waals surface area contributed by atoms with Gasteiger partial charge in [-0.2, -0.15) is 0 Å². The van der Waals surface area contributed by atoms with E-state index in [1.807, 2.05) is 25.1 Å². The van der Waals surface area contributed by atoms with Crippen molar-refractivity contribution >= 4 is 0 Å². The van der Waals surface area contributed by atoms with Gasteiger partial charge in [-0.25, -0.2) is 0 Å². The number of ether oxygens (including phenoxy) is 2. The number of hydrogen-bond acceptors (Lipinski definition) is 3. The zero-order valence-corrected chi connectivity index (χ0v) is 12.2. The Morgan fingerprint density at radius 2 is 1.79 bits per heavy atom. The van der Waals surface area contributed by atoms with Gasteiger partial charge in [-0.05, 0) is 50.7 Å². The summed E-state index contributed by atoms with van der Waals surface area (Å²) in [6.07, 6.45) is 5.10. The van der Waals surface area contributed by atoms with Gasteiger partial charge in [0.2, 0.25) is 0 Å². The van der Waals surface area contributed by atoms with Crippen molar-refractivity contribution in [3.8, 4) is 11.5 Å². The molecule has 0 aliphatic heterocycles. The van der Waals surface area contributed by atoms with E-state index in [9.17, 15) is 0 Å². The molecule has 3 heteroatoms. The molecule has 0 radical (unpaired) electrons. The first-order chi connectivity index (χ1) is 9.11. The molecule has 1 aromatic carbocycles. The second kappa shape index (κ2) is 6.29. The SMILES string of the molecule is COc1cccc(OC2CCC(C)CC2)c1[C@H](C)N. The lowest BCUT2D eigenvalue weighted by Crippen LogP contribution is -2.24. The van der Waals surface area contributed by atoms with Crippen LogP contribution in [0.25, 0.3) is 0 Å². The molecule has 0 aromatic heterocycles. The summed E-state index contributed by atoms with van der Waals surface area (Å²) in [5.41, 5.74) is 7.03. The second-order valence-corrected chi connectivity index (χ2v) is 5.66. The van der Waals surface area contributed by atoms with E-state index in [2.05, 4.69) is 6.92 Å². The van der Waals surface area contributed by atoms with Crippen molar-refractivity contribution < 1.29 is 9.47 Å². The fraction of sp³-hybridized carbons (Fsp3) is 0.625. The summed E-state index contributed by atoms with van der Waals surface area (Å²) in [5.74, 6) is 2.53. The van der Waals surface area contributed by atoms with E-state index in [-0.39, 0.29) is 6.04 Å². The number of methoxy groups -OCH3 is 1. The topological polar surface area (TPSA) is 44.5 Å². The zero-order valence-electron chi connectivity index (χ0n) is 12.2. The molecular formula is C16H25NO2. The smallest absolute Gasteiger partial charge is 0.128 e. The van der Waals surface area contributed by atoms with Crippen LogP contribution in [0.1, 0.15) is 51.1 Å². The molecule has 19 heavy (non-hydrogen) atoms. The molecule has 0 amide bonds. The predicted octanol–water partition coefficient (Wildman–Crippen LogP) is 3.67. The van der Waals surface area contributed by atoms with Crippen LogP contribution >= 0.6 is 0 Å². The molecule has 0 bridgehead atoms. The van der Waals surface area contributed by atoms with Gasteiger partial charge in [0.25, 0.3) is 0 Å². The highest BCUT2D eigenvalue weighted by molar-refractivity contribution is 5.46. The third kappa shape index (κ3) is 3.41.